The van der Waals surface area contributed by atoms with Crippen molar-refractivity contribution >= 4 is 0 Å². The first-order valence-electron chi connectivity index (χ1n) is 8.91. The molecule has 28 heavy (non-hydrogen) atoms. The highest BCUT2D eigenvalue weighted by Crippen LogP contribution is 2.35. The van der Waals surface area contributed by atoms with E-state index >= 15 is 0 Å². The van der Waals surface area contributed by atoms with Gasteiger partial charge in [0, 0.05) is 41.5 Å². The van der Waals surface area contributed by atoms with Gasteiger partial charge in [0.15, 0.2) is 6.10 Å². The Hall–Kier alpha value is -3.97. The average molecular weight is 363 g/mol. The van der Waals surface area contributed by atoms with Crippen molar-refractivity contribution in [1.29, 1.82) is 5.26 Å². The second-order valence-electron chi connectivity index (χ2n) is 6.26. The van der Waals surface area contributed by atoms with Crippen molar-refractivity contribution in [2.24, 2.45) is 0 Å². The maximum Gasteiger partial charge on any atom is 0.152 e. The van der Waals surface area contributed by atoms with Crippen LogP contribution in [0.3, 0.4) is 0 Å². The number of nitrogens with zero attached hydrogens (tertiary/aromatic N) is 3. The zero-order valence-corrected chi connectivity index (χ0v) is 15.1. The lowest BCUT2D eigenvalue weighted by molar-refractivity contribution is 0.247. The highest BCUT2D eigenvalue weighted by Gasteiger charge is 2.18. The van der Waals surface area contributed by atoms with Gasteiger partial charge in [0.2, 0.25) is 0 Å². The monoisotopic (exact) mass is 363 g/mol. The summed E-state index contributed by atoms with van der Waals surface area (Å²) in [5.41, 5.74) is 4.48. The van der Waals surface area contributed by atoms with E-state index in [0.717, 1.165) is 28.0 Å². The van der Waals surface area contributed by atoms with Crippen LogP contribution in [-0.4, -0.2) is 9.97 Å². The van der Waals surface area contributed by atoms with Crippen molar-refractivity contribution < 1.29 is 4.74 Å². The minimum Gasteiger partial charge on any atom is -0.480 e. The van der Waals surface area contributed by atoms with Gasteiger partial charge in [-0.3, -0.25) is 9.97 Å². The van der Waals surface area contributed by atoms with Crippen LogP contribution < -0.4 is 4.74 Å². The zero-order chi connectivity index (χ0) is 19.2. The minimum atomic E-state index is -0.332. The van der Waals surface area contributed by atoms with Crippen LogP contribution in [0.15, 0.2) is 97.6 Å². The number of rotatable bonds is 5. The molecule has 2 aromatic heterocycles. The molecule has 0 aliphatic heterocycles. The number of para-hydroxylation sites is 1. The van der Waals surface area contributed by atoms with Crippen molar-refractivity contribution in [3.05, 3.63) is 114 Å². The van der Waals surface area contributed by atoms with E-state index < -0.39 is 0 Å². The van der Waals surface area contributed by atoms with Gasteiger partial charge in [-0.1, -0.05) is 42.5 Å². The first-order chi connectivity index (χ1) is 13.8. The van der Waals surface area contributed by atoms with E-state index in [4.69, 9.17) is 10.00 Å². The summed E-state index contributed by atoms with van der Waals surface area (Å²) >= 11 is 0. The van der Waals surface area contributed by atoms with Crippen molar-refractivity contribution in [1.82, 2.24) is 9.97 Å². The normalized spacial score (nSPS) is 10.4. The molecule has 0 spiro atoms. The molecule has 0 aliphatic carbocycles. The smallest absolute Gasteiger partial charge is 0.152 e. The van der Waals surface area contributed by atoms with E-state index in [-0.39, 0.29) is 6.10 Å². The predicted molar refractivity (Wildman–Crippen MR) is 108 cm³/mol. The van der Waals surface area contributed by atoms with Crippen LogP contribution in [0.25, 0.3) is 11.1 Å². The number of hydrogen-bond acceptors (Lipinski definition) is 4. The van der Waals surface area contributed by atoms with E-state index in [1.807, 2.05) is 85.2 Å². The van der Waals surface area contributed by atoms with Gasteiger partial charge in [-0.25, -0.2) is 0 Å². The Morgan fingerprint density at radius 3 is 1.96 bits per heavy atom. The summed E-state index contributed by atoms with van der Waals surface area (Å²) in [7, 11) is 0. The van der Waals surface area contributed by atoms with Gasteiger partial charge in [-0.15, -0.1) is 0 Å². The van der Waals surface area contributed by atoms with Crippen LogP contribution in [0, 0.1) is 11.3 Å². The molecule has 0 fully saturated rings. The van der Waals surface area contributed by atoms with Crippen LogP contribution in [-0.2, 0) is 0 Å². The summed E-state index contributed by atoms with van der Waals surface area (Å²) in [5, 5.41) is 9.04. The van der Waals surface area contributed by atoms with Gasteiger partial charge in [0.05, 0.1) is 11.6 Å². The molecule has 0 atom stereocenters. The van der Waals surface area contributed by atoms with E-state index in [2.05, 4.69) is 16.0 Å². The molecule has 0 saturated carbocycles. The number of ether oxygens (including phenoxy) is 1. The Morgan fingerprint density at radius 1 is 0.750 bits per heavy atom. The van der Waals surface area contributed by atoms with Gasteiger partial charge in [-0.05, 0) is 35.9 Å². The summed E-state index contributed by atoms with van der Waals surface area (Å²) in [6.07, 6.45) is 6.77. The molecule has 0 saturated heterocycles. The maximum absolute atomic E-state index is 9.04. The third kappa shape index (κ3) is 3.74. The number of nitriles is 1. The molecule has 4 rings (SSSR count). The molecule has 0 bridgehead atoms. The summed E-state index contributed by atoms with van der Waals surface area (Å²) in [6.45, 7) is 0. The number of pyridine rings is 2. The van der Waals surface area contributed by atoms with Gasteiger partial charge in [-0.2, -0.15) is 5.26 Å². The van der Waals surface area contributed by atoms with E-state index in [9.17, 15) is 0 Å². The van der Waals surface area contributed by atoms with Crippen LogP contribution in [0.1, 0.15) is 22.8 Å². The Labute approximate surface area is 163 Å². The van der Waals surface area contributed by atoms with E-state index in [1.165, 1.54) is 0 Å². The van der Waals surface area contributed by atoms with Crippen LogP contribution in [0.2, 0.25) is 0 Å². The highest BCUT2D eigenvalue weighted by molar-refractivity contribution is 5.71. The quantitative estimate of drug-likeness (QED) is 0.490. The summed E-state index contributed by atoms with van der Waals surface area (Å²) < 4.78 is 6.48. The zero-order valence-electron chi connectivity index (χ0n) is 15.1. The van der Waals surface area contributed by atoms with E-state index in [0.29, 0.717) is 5.56 Å². The van der Waals surface area contributed by atoms with Crippen LogP contribution in [0.4, 0.5) is 0 Å². The standard InChI is InChI=1S/C24H17N3O/c25-15-18-9-11-19(12-10-18)22-7-1-2-8-23(22)28-24(20-5-3-13-26-16-20)21-6-4-14-27-17-21/h1-14,16-17,24H. The van der Waals surface area contributed by atoms with E-state index in [1.54, 1.807) is 12.4 Å². The molecule has 2 heterocycles. The first-order valence-corrected chi connectivity index (χ1v) is 8.91. The molecule has 4 aromatic rings. The predicted octanol–water partition coefficient (Wildman–Crippen LogP) is 5.18. The lowest BCUT2D eigenvalue weighted by atomic mass is 10.0. The second-order valence-corrected chi connectivity index (χ2v) is 6.26. The molecule has 4 heteroatoms. The topological polar surface area (TPSA) is 58.8 Å². The fourth-order valence-electron chi connectivity index (χ4n) is 3.05. The summed E-state index contributed by atoms with van der Waals surface area (Å²) in [5.74, 6) is 0.755. The average Bonchev–Trinajstić information content (AvgIpc) is 2.79. The number of hydrogen-bond donors (Lipinski definition) is 0. The van der Waals surface area contributed by atoms with Gasteiger partial charge in [0.25, 0.3) is 0 Å². The lowest BCUT2D eigenvalue weighted by Gasteiger charge is -2.21. The van der Waals surface area contributed by atoms with Crippen LogP contribution in [0.5, 0.6) is 5.75 Å². The number of benzene rings is 2. The molecular weight excluding hydrogens is 346 g/mol. The van der Waals surface area contributed by atoms with Gasteiger partial charge in [0.1, 0.15) is 5.75 Å². The minimum absolute atomic E-state index is 0.332. The third-order valence-electron chi connectivity index (χ3n) is 4.43. The van der Waals surface area contributed by atoms with Gasteiger partial charge >= 0.3 is 0 Å². The van der Waals surface area contributed by atoms with Crippen molar-refractivity contribution in [2.75, 3.05) is 0 Å². The Balaban J connectivity index is 1.75. The SMILES string of the molecule is N#Cc1ccc(-c2ccccc2OC(c2cccnc2)c2cccnc2)cc1. The lowest BCUT2D eigenvalue weighted by Crippen LogP contribution is -2.10. The Morgan fingerprint density at radius 2 is 1.39 bits per heavy atom. The summed E-state index contributed by atoms with van der Waals surface area (Å²) in [6, 6.07) is 25.3. The number of aromatic nitrogens is 2. The summed E-state index contributed by atoms with van der Waals surface area (Å²) in [4.78, 5) is 8.48. The molecule has 0 N–H and O–H groups in total. The first kappa shape index (κ1) is 17.4. The molecule has 0 amide bonds. The Kier molecular flexibility index (Phi) is 5.08. The molecule has 0 unspecified atom stereocenters. The van der Waals surface area contributed by atoms with Crippen molar-refractivity contribution in [3.63, 3.8) is 0 Å². The maximum atomic E-state index is 9.04. The second kappa shape index (κ2) is 8.15. The fourth-order valence-corrected chi connectivity index (χ4v) is 3.05. The molecule has 0 radical (unpaired) electrons. The molecule has 134 valence electrons. The van der Waals surface area contributed by atoms with Gasteiger partial charge < -0.3 is 4.74 Å². The van der Waals surface area contributed by atoms with Crippen LogP contribution >= 0.6 is 0 Å². The fraction of sp³-hybridized carbons (Fsp3) is 0.0417. The third-order valence-corrected chi connectivity index (χ3v) is 4.43. The highest BCUT2D eigenvalue weighted by atomic mass is 16.5. The largest absolute Gasteiger partial charge is 0.480 e. The molecular formula is C24H17N3O. The van der Waals surface area contributed by atoms with Crippen molar-refractivity contribution in [3.8, 4) is 22.9 Å². The Bertz CT molecular complexity index is 1050. The molecule has 0 aliphatic rings. The molecule has 2 aromatic carbocycles. The van der Waals surface area contributed by atoms with Crippen molar-refractivity contribution in [2.45, 2.75) is 6.10 Å². The molecule has 4 nitrogen and oxygen atoms in total.